The van der Waals surface area contributed by atoms with Crippen LogP contribution in [-0.2, 0) is 6.42 Å². The van der Waals surface area contributed by atoms with E-state index in [1.165, 1.54) is 16.8 Å². The third kappa shape index (κ3) is 2.70. The molecule has 0 amide bonds. The molecule has 1 unspecified atom stereocenters. The molecule has 0 saturated heterocycles. The number of aromatic hydroxyl groups is 2. The maximum absolute atomic E-state index is 12.7. The molecular formula is C17H17N3O3. The molecule has 118 valence electrons. The molecule has 2 aromatic carbocycles. The van der Waals surface area contributed by atoms with Crippen LogP contribution in [0.1, 0.15) is 17.3 Å². The Kier molecular flexibility index (Phi) is 3.65. The fourth-order valence-corrected chi connectivity index (χ4v) is 2.60. The van der Waals surface area contributed by atoms with Gasteiger partial charge >= 0.3 is 0 Å². The maximum Gasteiger partial charge on any atom is 0.250 e. The van der Waals surface area contributed by atoms with Gasteiger partial charge in [0.2, 0.25) is 0 Å². The number of aromatic nitrogens is 2. The van der Waals surface area contributed by atoms with Gasteiger partial charge in [0.05, 0.1) is 5.52 Å². The van der Waals surface area contributed by atoms with Crippen LogP contribution in [0.15, 0.2) is 42.5 Å². The normalized spacial score (nSPS) is 12.4. The van der Waals surface area contributed by atoms with Crippen molar-refractivity contribution in [1.29, 1.82) is 0 Å². The number of phenolic OH excluding ortho intramolecular Hbond substituents is 2. The summed E-state index contributed by atoms with van der Waals surface area (Å²) >= 11 is 0. The van der Waals surface area contributed by atoms with Gasteiger partial charge in [0, 0.05) is 11.3 Å². The molecule has 0 aliphatic rings. The fourth-order valence-electron chi connectivity index (χ4n) is 2.60. The maximum atomic E-state index is 12.7. The van der Waals surface area contributed by atoms with Crippen LogP contribution in [0, 0.1) is 5.92 Å². The van der Waals surface area contributed by atoms with E-state index in [1.807, 2.05) is 18.2 Å². The predicted molar refractivity (Wildman–Crippen MR) is 87.4 cm³/mol. The number of carbonyl (C=O) groups is 1. The van der Waals surface area contributed by atoms with E-state index in [2.05, 4.69) is 5.10 Å². The molecule has 0 radical (unpaired) electrons. The highest BCUT2D eigenvalue weighted by atomic mass is 16.3. The van der Waals surface area contributed by atoms with E-state index in [4.69, 9.17) is 5.73 Å². The molecule has 0 bridgehead atoms. The lowest BCUT2D eigenvalue weighted by molar-refractivity contribution is 0.0834. The second-order valence-electron chi connectivity index (χ2n) is 5.58. The second kappa shape index (κ2) is 5.64. The van der Waals surface area contributed by atoms with E-state index in [-0.39, 0.29) is 23.3 Å². The first-order valence-electron chi connectivity index (χ1n) is 7.25. The van der Waals surface area contributed by atoms with Gasteiger partial charge in [0.1, 0.15) is 0 Å². The van der Waals surface area contributed by atoms with E-state index in [9.17, 15) is 15.0 Å². The van der Waals surface area contributed by atoms with E-state index >= 15 is 0 Å². The van der Waals surface area contributed by atoms with Crippen molar-refractivity contribution in [3.05, 3.63) is 48.0 Å². The van der Waals surface area contributed by atoms with Crippen LogP contribution in [0.2, 0.25) is 0 Å². The topological polar surface area (TPSA) is 101 Å². The van der Waals surface area contributed by atoms with Crippen LogP contribution < -0.4 is 5.73 Å². The number of hydrogen-bond donors (Lipinski definition) is 3. The smallest absolute Gasteiger partial charge is 0.250 e. The minimum atomic E-state index is -0.360. The minimum absolute atomic E-state index is 0.175. The highest BCUT2D eigenvalue weighted by Gasteiger charge is 2.20. The van der Waals surface area contributed by atoms with E-state index < -0.39 is 0 Å². The van der Waals surface area contributed by atoms with E-state index in [0.29, 0.717) is 17.8 Å². The lowest BCUT2D eigenvalue weighted by Gasteiger charge is -2.11. The Morgan fingerprint density at radius 2 is 1.96 bits per heavy atom. The summed E-state index contributed by atoms with van der Waals surface area (Å²) in [5.41, 5.74) is 7.29. The summed E-state index contributed by atoms with van der Waals surface area (Å²) in [6, 6.07) is 11.8. The van der Waals surface area contributed by atoms with Crippen LogP contribution in [0.4, 0.5) is 5.82 Å². The molecule has 1 heterocycles. The summed E-state index contributed by atoms with van der Waals surface area (Å²) in [5, 5.41) is 23.8. The number of para-hydroxylation sites is 1. The van der Waals surface area contributed by atoms with Gasteiger partial charge < -0.3 is 15.9 Å². The van der Waals surface area contributed by atoms with Crippen molar-refractivity contribution in [2.75, 3.05) is 5.73 Å². The molecule has 4 N–H and O–H groups in total. The van der Waals surface area contributed by atoms with Gasteiger partial charge in [-0.2, -0.15) is 4.68 Å². The Labute approximate surface area is 132 Å². The number of anilines is 1. The number of carbonyl (C=O) groups excluding carboxylic acids is 1. The van der Waals surface area contributed by atoms with Gasteiger partial charge in [0.15, 0.2) is 17.3 Å². The molecular weight excluding hydrogens is 294 g/mol. The molecule has 0 aliphatic carbocycles. The van der Waals surface area contributed by atoms with Crippen LogP contribution in [0.3, 0.4) is 0 Å². The number of phenols is 2. The molecule has 0 aliphatic heterocycles. The fraction of sp³-hybridized carbons (Fsp3) is 0.176. The summed E-state index contributed by atoms with van der Waals surface area (Å²) < 4.78 is 1.33. The number of hydrogen-bond acceptors (Lipinski definition) is 5. The average Bonchev–Trinajstić information content (AvgIpc) is 2.88. The molecule has 3 rings (SSSR count). The predicted octanol–water partition coefficient (Wildman–Crippen LogP) is 2.55. The number of fused-ring (bicyclic) bond motifs is 1. The Morgan fingerprint density at radius 1 is 1.22 bits per heavy atom. The molecule has 3 aromatic rings. The molecule has 23 heavy (non-hydrogen) atoms. The zero-order valence-electron chi connectivity index (χ0n) is 12.6. The van der Waals surface area contributed by atoms with Crippen molar-refractivity contribution < 1.29 is 15.0 Å². The summed E-state index contributed by atoms with van der Waals surface area (Å²) in [6.07, 6.45) is 0.417. The number of nitrogens with zero attached hydrogens (tertiary/aromatic N) is 2. The first-order valence-corrected chi connectivity index (χ1v) is 7.25. The molecule has 0 saturated carbocycles. The zero-order chi connectivity index (χ0) is 16.6. The van der Waals surface area contributed by atoms with Crippen molar-refractivity contribution >= 4 is 22.6 Å². The minimum Gasteiger partial charge on any atom is -0.504 e. The Balaban J connectivity index is 1.88. The summed E-state index contributed by atoms with van der Waals surface area (Å²) in [5.74, 6) is -0.593. The van der Waals surface area contributed by atoms with Gasteiger partial charge in [-0.05, 0) is 36.2 Å². The van der Waals surface area contributed by atoms with E-state index in [0.717, 1.165) is 10.9 Å². The number of nitrogens with two attached hydrogens (primary N) is 1. The molecule has 1 aromatic heterocycles. The SMILES string of the molecule is CC(Cc1ccc(O)c(O)c1)C(=O)n1nc(N)c2ccccc21. The van der Waals surface area contributed by atoms with Crippen molar-refractivity contribution in [3.8, 4) is 11.5 Å². The zero-order valence-corrected chi connectivity index (χ0v) is 12.6. The molecule has 6 heteroatoms. The summed E-state index contributed by atoms with van der Waals surface area (Å²) in [6.45, 7) is 1.79. The van der Waals surface area contributed by atoms with Crippen LogP contribution in [0.25, 0.3) is 10.9 Å². The van der Waals surface area contributed by atoms with Crippen molar-refractivity contribution in [1.82, 2.24) is 9.78 Å². The van der Waals surface area contributed by atoms with Gasteiger partial charge in [-0.1, -0.05) is 25.1 Å². The molecule has 1 atom stereocenters. The van der Waals surface area contributed by atoms with Gasteiger partial charge in [-0.15, -0.1) is 5.10 Å². The number of rotatable bonds is 3. The van der Waals surface area contributed by atoms with Gasteiger partial charge in [-0.3, -0.25) is 4.79 Å². The second-order valence-corrected chi connectivity index (χ2v) is 5.58. The van der Waals surface area contributed by atoms with Crippen molar-refractivity contribution in [2.24, 2.45) is 5.92 Å². The van der Waals surface area contributed by atoms with Crippen LogP contribution in [0.5, 0.6) is 11.5 Å². The lowest BCUT2D eigenvalue weighted by Crippen LogP contribution is -2.22. The third-order valence-corrected chi connectivity index (χ3v) is 3.83. The summed E-state index contributed by atoms with van der Waals surface area (Å²) in [7, 11) is 0. The Bertz CT molecular complexity index is 886. The van der Waals surface area contributed by atoms with Crippen LogP contribution in [-0.4, -0.2) is 25.9 Å². The quantitative estimate of drug-likeness (QED) is 0.645. The van der Waals surface area contributed by atoms with E-state index in [1.54, 1.807) is 19.1 Å². The third-order valence-electron chi connectivity index (χ3n) is 3.83. The standard InChI is InChI=1S/C17H17N3O3/c1-10(8-11-6-7-14(21)15(22)9-11)17(23)20-13-5-3-2-4-12(13)16(18)19-20/h2-7,9-10,21-22H,8H2,1H3,(H2,18,19). The Morgan fingerprint density at radius 3 is 2.70 bits per heavy atom. The highest BCUT2D eigenvalue weighted by molar-refractivity contribution is 5.97. The Hall–Kier alpha value is -3.02. The first-order chi connectivity index (χ1) is 11.0. The number of nitrogen functional groups attached to an aromatic ring is 1. The molecule has 0 spiro atoms. The van der Waals surface area contributed by atoms with Crippen molar-refractivity contribution in [2.45, 2.75) is 13.3 Å². The average molecular weight is 311 g/mol. The number of benzene rings is 2. The van der Waals surface area contributed by atoms with Gasteiger partial charge in [-0.25, -0.2) is 0 Å². The summed E-state index contributed by atoms with van der Waals surface area (Å²) in [4.78, 5) is 12.7. The molecule has 6 nitrogen and oxygen atoms in total. The van der Waals surface area contributed by atoms with Crippen LogP contribution >= 0.6 is 0 Å². The lowest BCUT2D eigenvalue weighted by atomic mass is 10.00. The van der Waals surface area contributed by atoms with Gasteiger partial charge in [0.25, 0.3) is 5.91 Å². The largest absolute Gasteiger partial charge is 0.504 e. The highest BCUT2D eigenvalue weighted by Crippen LogP contribution is 2.27. The monoisotopic (exact) mass is 311 g/mol. The van der Waals surface area contributed by atoms with Crippen molar-refractivity contribution in [3.63, 3.8) is 0 Å². The molecule has 0 fully saturated rings. The first kappa shape index (κ1) is 14.9.